The molecule has 1 aliphatic rings. The van der Waals surface area contributed by atoms with E-state index in [9.17, 15) is 9.59 Å². The zero-order valence-electron chi connectivity index (χ0n) is 14.2. The third-order valence-corrected chi connectivity index (χ3v) is 4.45. The standard InChI is InChI=1S/C19H18BrNO5/c1-24-19(23)17(12-3-6-14(20)7-4-12)21-18(22)13-5-8-15-16(11-13)26-10-2-9-25-15/h3-8,11,17H,2,9-10H2,1H3,(H,21,22). The van der Waals surface area contributed by atoms with Crippen molar-refractivity contribution in [2.75, 3.05) is 20.3 Å². The Morgan fingerprint density at radius 3 is 2.46 bits per heavy atom. The predicted molar refractivity (Wildman–Crippen MR) is 98.4 cm³/mol. The maximum atomic E-state index is 12.7. The van der Waals surface area contributed by atoms with Crippen LogP contribution in [0.25, 0.3) is 0 Å². The Morgan fingerprint density at radius 2 is 1.77 bits per heavy atom. The fourth-order valence-corrected chi connectivity index (χ4v) is 2.83. The zero-order chi connectivity index (χ0) is 18.5. The fraction of sp³-hybridized carbons (Fsp3) is 0.263. The average Bonchev–Trinajstić information content (AvgIpc) is 2.91. The molecule has 7 heteroatoms. The van der Waals surface area contributed by atoms with Crippen LogP contribution in [0.3, 0.4) is 0 Å². The molecule has 0 spiro atoms. The van der Waals surface area contributed by atoms with Crippen molar-refractivity contribution in [3.8, 4) is 11.5 Å². The Balaban J connectivity index is 1.82. The van der Waals surface area contributed by atoms with Gasteiger partial charge in [-0.1, -0.05) is 28.1 Å². The van der Waals surface area contributed by atoms with Gasteiger partial charge in [0.15, 0.2) is 17.5 Å². The van der Waals surface area contributed by atoms with Gasteiger partial charge in [-0.3, -0.25) is 4.79 Å². The Bertz CT molecular complexity index is 806. The smallest absolute Gasteiger partial charge is 0.333 e. The number of ether oxygens (including phenoxy) is 3. The first-order valence-electron chi connectivity index (χ1n) is 8.12. The number of hydrogen-bond donors (Lipinski definition) is 1. The molecule has 2 aromatic carbocycles. The van der Waals surface area contributed by atoms with E-state index in [2.05, 4.69) is 21.2 Å². The largest absolute Gasteiger partial charge is 0.490 e. The Labute approximate surface area is 159 Å². The Morgan fingerprint density at radius 1 is 1.08 bits per heavy atom. The summed E-state index contributed by atoms with van der Waals surface area (Å²) in [5, 5.41) is 2.72. The van der Waals surface area contributed by atoms with Gasteiger partial charge in [-0.25, -0.2) is 4.79 Å². The molecule has 1 aliphatic heterocycles. The van der Waals surface area contributed by atoms with Crippen LogP contribution in [0.1, 0.15) is 28.4 Å². The molecular formula is C19H18BrNO5. The zero-order valence-corrected chi connectivity index (χ0v) is 15.7. The first-order chi connectivity index (χ1) is 12.6. The van der Waals surface area contributed by atoms with Gasteiger partial charge in [0.25, 0.3) is 5.91 Å². The van der Waals surface area contributed by atoms with E-state index in [0.29, 0.717) is 35.8 Å². The highest BCUT2D eigenvalue weighted by molar-refractivity contribution is 9.10. The number of rotatable bonds is 4. The lowest BCUT2D eigenvalue weighted by molar-refractivity contribution is -0.143. The van der Waals surface area contributed by atoms with E-state index in [-0.39, 0.29) is 0 Å². The number of halogens is 1. The van der Waals surface area contributed by atoms with Crippen LogP contribution in [-0.4, -0.2) is 32.2 Å². The van der Waals surface area contributed by atoms with E-state index in [1.165, 1.54) is 7.11 Å². The highest BCUT2D eigenvalue weighted by Gasteiger charge is 2.25. The number of carbonyl (C=O) groups is 2. The predicted octanol–water partition coefficient (Wildman–Crippen LogP) is 3.25. The van der Waals surface area contributed by atoms with Crippen molar-refractivity contribution >= 4 is 27.8 Å². The van der Waals surface area contributed by atoms with Crippen LogP contribution < -0.4 is 14.8 Å². The molecule has 0 radical (unpaired) electrons. The van der Waals surface area contributed by atoms with Crippen molar-refractivity contribution in [3.63, 3.8) is 0 Å². The average molecular weight is 420 g/mol. The number of amides is 1. The number of esters is 1. The van der Waals surface area contributed by atoms with Gasteiger partial charge in [0.1, 0.15) is 0 Å². The minimum Gasteiger partial charge on any atom is -0.490 e. The second kappa shape index (κ2) is 8.23. The molecule has 136 valence electrons. The summed E-state index contributed by atoms with van der Waals surface area (Å²) in [5.74, 6) is 0.180. The summed E-state index contributed by atoms with van der Waals surface area (Å²) in [7, 11) is 1.29. The summed E-state index contributed by atoms with van der Waals surface area (Å²) in [6, 6.07) is 11.1. The topological polar surface area (TPSA) is 73.9 Å². The van der Waals surface area contributed by atoms with E-state index in [1.54, 1.807) is 42.5 Å². The number of carbonyl (C=O) groups excluding carboxylic acids is 2. The van der Waals surface area contributed by atoms with Gasteiger partial charge in [-0.2, -0.15) is 0 Å². The summed E-state index contributed by atoms with van der Waals surface area (Å²) in [5.41, 5.74) is 1.00. The van der Waals surface area contributed by atoms with Crippen LogP contribution in [0.15, 0.2) is 46.9 Å². The number of nitrogens with one attached hydrogen (secondary N) is 1. The van der Waals surface area contributed by atoms with Crippen LogP contribution >= 0.6 is 15.9 Å². The lowest BCUT2D eigenvalue weighted by atomic mass is 10.1. The molecule has 0 aromatic heterocycles. The second-order valence-electron chi connectivity index (χ2n) is 5.69. The summed E-state index contributed by atoms with van der Waals surface area (Å²) in [6.45, 7) is 1.11. The first kappa shape index (κ1) is 18.3. The molecule has 1 atom stereocenters. The van der Waals surface area contributed by atoms with E-state index >= 15 is 0 Å². The molecule has 6 nitrogen and oxygen atoms in total. The monoisotopic (exact) mass is 419 g/mol. The van der Waals surface area contributed by atoms with Crippen LogP contribution in [0.5, 0.6) is 11.5 Å². The van der Waals surface area contributed by atoms with Gasteiger partial charge in [0.05, 0.1) is 20.3 Å². The van der Waals surface area contributed by atoms with E-state index < -0.39 is 17.9 Å². The van der Waals surface area contributed by atoms with Crippen LogP contribution in [-0.2, 0) is 9.53 Å². The number of fused-ring (bicyclic) bond motifs is 1. The Hall–Kier alpha value is -2.54. The van der Waals surface area contributed by atoms with Crippen molar-refractivity contribution in [1.82, 2.24) is 5.32 Å². The number of benzene rings is 2. The molecule has 1 amide bonds. The minimum atomic E-state index is -0.906. The number of hydrogen-bond acceptors (Lipinski definition) is 5. The molecule has 0 fully saturated rings. The van der Waals surface area contributed by atoms with Gasteiger partial charge < -0.3 is 19.5 Å². The fourth-order valence-electron chi connectivity index (χ4n) is 2.57. The quantitative estimate of drug-likeness (QED) is 0.769. The lowest BCUT2D eigenvalue weighted by Crippen LogP contribution is -2.34. The normalized spacial score (nSPS) is 14.1. The molecule has 1 heterocycles. The maximum absolute atomic E-state index is 12.7. The number of methoxy groups -OCH3 is 1. The molecule has 3 rings (SSSR count). The highest BCUT2D eigenvalue weighted by Crippen LogP contribution is 2.30. The molecule has 0 saturated heterocycles. The molecule has 1 N–H and O–H groups in total. The summed E-state index contributed by atoms with van der Waals surface area (Å²) in [6.07, 6.45) is 0.782. The molecule has 0 bridgehead atoms. The van der Waals surface area contributed by atoms with E-state index in [1.807, 2.05) is 0 Å². The summed E-state index contributed by atoms with van der Waals surface area (Å²) >= 11 is 3.35. The van der Waals surface area contributed by atoms with Crippen LogP contribution in [0.2, 0.25) is 0 Å². The molecule has 1 unspecified atom stereocenters. The van der Waals surface area contributed by atoms with Gasteiger partial charge in [-0.05, 0) is 35.9 Å². The third kappa shape index (κ3) is 4.16. The van der Waals surface area contributed by atoms with Crippen molar-refractivity contribution in [2.24, 2.45) is 0 Å². The molecule has 2 aromatic rings. The molecule has 0 aliphatic carbocycles. The first-order valence-corrected chi connectivity index (χ1v) is 8.91. The van der Waals surface area contributed by atoms with Crippen molar-refractivity contribution in [3.05, 3.63) is 58.1 Å². The maximum Gasteiger partial charge on any atom is 0.333 e. The summed E-state index contributed by atoms with van der Waals surface area (Å²) in [4.78, 5) is 24.8. The van der Waals surface area contributed by atoms with Crippen LogP contribution in [0, 0.1) is 0 Å². The van der Waals surface area contributed by atoms with E-state index in [4.69, 9.17) is 14.2 Å². The van der Waals surface area contributed by atoms with Crippen molar-refractivity contribution < 1.29 is 23.8 Å². The molecule has 0 saturated carbocycles. The van der Waals surface area contributed by atoms with E-state index in [0.717, 1.165) is 10.9 Å². The van der Waals surface area contributed by atoms with Crippen LogP contribution in [0.4, 0.5) is 0 Å². The van der Waals surface area contributed by atoms with Gasteiger partial charge in [0, 0.05) is 16.5 Å². The summed E-state index contributed by atoms with van der Waals surface area (Å²) < 4.78 is 16.9. The molecular weight excluding hydrogens is 402 g/mol. The van der Waals surface area contributed by atoms with Crippen molar-refractivity contribution in [1.29, 1.82) is 0 Å². The Kier molecular flexibility index (Phi) is 5.78. The SMILES string of the molecule is COC(=O)C(NC(=O)c1ccc2c(c1)OCCCO2)c1ccc(Br)cc1. The van der Waals surface area contributed by atoms with Gasteiger partial charge in [-0.15, -0.1) is 0 Å². The van der Waals surface area contributed by atoms with Crippen molar-refractivity contribution in [2.45, 2.75) is 12.5 Å². The molecule has 26 heavy (non-hydrogen) atoms. The lowest BCUT2D eigenvalue weighted by Gasteiger charge is -2.17. The second-order valence-corrected chi connectivity index (χ2v) is 6.61. The minimum absolute atomic E-state index is 0.375. The van der Waals surface area contributed by atoms with Gasteiger partial charge in [0.2, 0.25) is 0 Å². The van der Waals surface area contributed by atoms with Gasteiger partial charge >= 0.3 is 5.97 Å². The third-order valence-electron chi connectivity index (χ3n) is 3.93. The highest BCUT2D eigenvalue weighted by atomic mass is 79.9.